The van der Waals surface area contributed by atoms with Crippen LogP contribution < -0.4 is 10.6 Å². The van der Waals surface area contributed by atoms with Crippen LogP contribution in [0.2, 0.25) is 0 Å². The molecule has 1 heterocycles. The van der Waals surface area contributed by atoms with Crippen molar-refractivity contribution in [1.82, 2.24) is 14.8 Å². The summed E-state index contributed by atoms with van der Waals surface area (Å²) < 4.78 is 15.5. The number of benzene rings is 2. The summed E-state index contributed by atoms with van der Waals surface area (Å²) in [5.74, 6) is -1.20. The number of anilines is 2. The van der Waals surface area contributed by atoms with Crippen LogP contribution in [0.25, 0.3) is 5.69 Å². The lowest BCUT2D eigenvalue weighted by atomic mass is 10.1. The van der Waals surface area contributed by atoms with Crippen LogP contribution in [0.4, 0.5) is 15.8 Å². The monoisotopic (exact) mass is 339 g/mol. The molecule has 0 aliphatic heterocycles. The summed E-state index contributed by atoms with van der Waals surface area (Å²) >= 11 is 0. The SMILES string of the molecule is CC(=O)Nc1cccc(C(=O)Nc2ccc(-n3cncn3)c(F)c2)c1. The minimum absolute atomic E-state index is 0.225. The molecule has 0 bridgehead atoms. The highest BCUT2D eigenvalue weighted by Crippen LogP contribution is 2.19. The Balaban J connectivity index is 1.77. The highest BCUT2D eigenvalue weighted by atomic mass is 19.1. The Morgan fingerprint density at radius 2 is 1.88 bits per heavy atom. The number of hydrogen-bond donors (Lipinski definition) is 2. The van der Waals surface area contributed by atoms with Gasteiger partial charge in [-0.1, -0.05) is 6.07 Å². The van der Waals surface area contributed by atoms with Crippen LogP contribution in [0, 0.1) is 5.82 Å². The highest BCUT2D eigenvalue weighted by molar-refractivity contribution is 6.05. The zero-order valence-electron chi connectivity index (χ0n) is 13.2. The summed E-state index contributed by atoms with van der Waals surface area (Å²) in [6.45, 7) is 1.38. The molecule has 7 nitrogen and oxygen atoms in total. The minimum atomic E-state index is -0.546. The third-order valence-electron chi connectivity index (χ3n) is 3.32. The summed E-state index contributed by atoms with van der Waals surface area (Å²) in [7, 11) is 0. The number of carbonyl (C=O) groups is 2. The lowest BCUT2D eigenvalue weighted by Gasteiger charge is -2.09. The van der Waals surface area contributed by atoms with E-state index in [1.54, 1.807) is 24.3 Å². The van der Waals surface area contributed by atoms with Crippen molar-refractivity contribution in [3.8, 4) is 5.69 Å². The normalized spacial score (nSPS) is 10.3. The Kier molecular flexibility index (Phi) is 4.51. The average Bonchev–Trinajstić information content (AvgIpc) is 3.09. The lowest BCUT2D eigenvalue weighted by Crippen LogP contribution is -2.13. The summed E-state index contributed by atoms with van der Waals surface area (Å²) in [6.07, 6.45) is 2.68. The van der Waals surface area contributed by atoms with Gasteiger partial charge in [-0.05, 0) is 36.4 Å². The van der Waals surface area contributed by atoms with Crippen molar-refractivity contribution >= 4 is 23.2 Å². The fourth-order valence-corrected chi connectivity index (χ4v) is 2.25. The first-order valence-corrected chi connectivity index (χ1v) is 7.36. The molecule has 3 rings (SSSR count). The second-order valence-corrected chi connectivity index (χ2v) is 5.22. The first-order chi connectivity index (χ1) is 12.0. The highest BCUT2D eigenvalue weighted by Gasteiger charge is 2.10. The molecular formula is C17H14FN5O2. The molecule has 0 saturated carbocycles. The molecule has 0 fully saturated rings. The first-order valence-electron chi connectivity index (χ1n) is 7.36. The number of carbonyl (C=O) groups excluding carboxylic acids is 2. The van der Waals surface area contributed by atoms with Crippen LogP contribution in [0.1, 0.15) is 17.3 Å². The molecule has 0 aliphatic rings. The van der Waals surface area contributed by atoms with Gasteiger partial charge in [-0.3, -0.25) is 9.59 Å². The molecule has 0 aliphatic carbocycles. The molecule has 25 heavy (non-hydrogen) atoms. The zero-order valence-corrected chi connectivity index (χ0v) is 13.2. The van der Waals surface area contributed by atoms with Crippen LogP contribution >= 0.6 is 0 Å². The third kappa shape index (κ3) is 3.86. The van der Waals surface area contributed by atoms with Crippen LogP contribution in [-0.2, 0) is 4.79 Å². The Labute approximate surface area is 142 Å². The second-order valence-electron chi connectivity index (χ2n) is 5.22. The van der Waals surface area contributed by atoms with E-state index < -0.39 is 11.7 Å². The topological polar surface area (TPSA) is 88.9 Å². The lowest BCUT2D eigenvalue weighted by molar-refractivity contribution is -0.114. The van der Waals surface area contributed by atoms with E-state index in [2.05, 4.69) is 20.7 Å². The zero-order chi connectivity index (χ0) is 17.8. The Morgan fingerprint density at radius 1 is 1.08 bits per heavy atom. The molecule has 2 aromatic carbocycles. The van der Waals surface area contributed by atoms with E-state index in [-0.39, 0.29) is 11.6 Å². The molecule has 0 unspecified atom stereocenters. The van der Waals surface area contributed by atoms with Crippen molar-refractivity contribution in [3.63, 3.8) is 0 Å². The number of rotatable bonds is 4. The van der Waals surface area contributed by atoms with Crippen molar-refractivity contribution in [2.45, 2.75) is 6.92 Å². The van der Waals surface area contributed by atoms with Crippen molar-refractivity contribution < 1.29 is 14.0 Å². The third-order valence-corrected chi connectivity index (χ3v) is 3.32. The second kappa shape index (κ2) is 6.91. The van der Waals surface area contributed by atoms with E-state index in [0.29, 0.717) is 16.9 Å². The van der Waals surface area contributed by atoms with Gasteiger partial charge in [0.05, 0.1) is 0 Å². The Morgan fingerprint density at radius 3 is 2.56 bits per heavy atom. The van der Waals surface area contributed by atoms with Crippen molar-refractivity contribution in [2.75, 3.05) is 10.6 Å². The maximum absolute atomic E-state index is 14.2. The molecule has 0 radical (unpaired) electrons. The van der Waals surface area contributed by atoms with Gasteiger partial charge in [0.25, 0.3) is 5.91 Å². The van der Waals surface area contributed by atoms with E-state index in [0.717, 1.165) is 0 Å². The molecular weight excluding hydrogens is 325 g/mol. The fourth-order valence-electron chi connectivity index (χ4n) is 2.25. The average molecular weight is 339 g/mol. The number of aromatic nitrogens is 3. The number of amides is 2. The first kappa shape index (κ1) is 16.3. The quantitative estimate of drug-likeness (QED) is 0.765. The van der Waals surface area contributed by atoms with Gasteiger partial charge < -0.3 is 10.6 Å². The molecule has 2 N–H and O–H groups in total. The Hall–Kier alpha value is -3.55. The van der Waals surface area contributed by atoms with E-state index in [9.17, 15) is 14.0 Å². The molecule has 126 valence electrons. The molecule has 3 aromatic rings. The maximum Gasteiger partial charge on any atom is 0.255 e. The molecule has 8 heteroatoms. The summed E-state index contributed by atoms with van der Waals surface area (Å²) in [5.41, 5.74) is 1.37. The smallest absolute Gasteiger partial charge is 0.255 e. The van der Waals surface area contributed by atoms with E-state index in [1.807, 2.05) is 0 Å². The van der Waals surface area contributed by atoms with E-state index in [4.69, 9.17) is 0 Å². The number of halogens is 1. The van der Waals surface area contributed by atoms with E-state index >= 15 is 0 Å². The molecule has 2 amide bonds. The van der Waals surface area contributed by atoms with Crippen LogP contribution in [-0.4, -0.2) is 26.6 Å². The fraction of sp³-hybridized carbons (Fsp3) is 0.0588. The molecule has 0 saturated heterocycles. The minimum Gasteiger partial charge on any atom is -0.326 e. The molecule has 1 aromatic heterocycles. The van der Waals surface area contributed by atoms with Gasteiger partial charge in [0, 0.05) is 23.9 Å². The summed E-state index contributed by atoms with van der Waals surface area (Å²) in [6, 6.07) is 10.7. The van der Waals surface area contributed by atoms with Gasteiger partial charge in [0.1, 0.15) is 18.3 Å². The molecule has 0 atom stereocenters. The van der Waals surface area contributed by atoms with Crippen molar-refractivity contribution in [1.29, 1.82) is 0 Å². The van der Waals surface area contributed by atoms with Gasteiger partial charge in [-0.15, -0.1) is 0 Å². The van der Waals surface area contributed by atoms with E-state index in [1.165, 1.54) is 42.5 Å². The van der Waals surface area contributed by atoms with Gasteiger partial charge >= 0.3 is 0 Å². The summed E-state index contributed by atoms with van der Waals surface area (Å²) in [4.78, 5) is 27.2. The summed E-state index contributed by atoms with van der Waals surface area (Å²) in [5, 5.41) is 9.08. The van der Waals surface area contributed by atoms with Crippen molar-refractivity contribution in [2.24, 2.45) is 0 Å². The number of nitrogens with one attached hydrogen (secondary N) is 2. The van der Waals surface area contributed by atoms with Gasteiger partial charge in [0.2, 0.25) is 5.91 Å². The number of nitrogens with zero attached hydrogens (tertiary/aromatic N) is 3. The van der Waals surface area contributed by atoms with Crippen LogP contribution in [0.5, 0.6) is 0 Å². The Bertz CT molecular complexity index is 925. The molecule has 0 spiro atoms. The predicted octanol–water partition coefficient (Wildman–Crippen LogP) is 2.62. The van der Waals surface area contributed by atoms with Gasteiger partial charge in [0.15, 0.2) is 5.82 Å². The standard InChI is InChI=1S/C17H14FN5O2/c1-11(24)21-13-4-2-3-12(7-13)17(25)22-14-5-6-16(15(18)8-14)23-10-19-9-20-23/h2-10H,1H3,(H,21,24)(H,22,25). The van der Waals surface area contributed by atoms with Gasteiger partial charge in [-0.2, -0.15) is 5.10 Å². The number of hydrogen-bond acceptors (Lipinski definition) is 4. The van der Waals surface area contributed by atoms with Gasteiger partial charge in [-0.25, -0.2) is 14.1 Å². The van der Waals surface area contributed by atoms with Crippen LogP contribution in [0.15, 0.2) is 55.1 Å². The largest absolute Gasteiger partial charge is 0.326 e. The van der Waals surface area contributed by atoms with Crippen molar-refractivity contribution in [3.05, 3.63) is 66.5 Å². The maximum atomic E-state index is 14.2. The van der Waals surface area contributed by atoms with Crippen LogP contribution in [0.3, 0.4) is 0 Å². The predicted molar refractivity (Wildman–Crippen MR) is 90.0 cm³/mol.